The quantitative estimate of drug-likeness (QED) is 0.739. The fourth-order valence-corrected chi connectivity index (χ4v) is 3.35. The van der Waals surface area contributed by atoms with Crippen LogP contribution < -0.4 is 0 Å². The largest absolute Gasteiger partial charge is 0.481 e. The fourth-order valence-electron chi connectivity index (χ4n) is 3.35. The van der Waals surface area contributed by atoms with E-state index in [9.17, 15) is 14.9 Å². The Labute approximate surface area is 119 Å². The van der Waals surface area contributed by atoms with Crippen molar-refractivity contribution in [3.63, 3.8) is 0 Å². The van der Waals surface area contributed by atoms with E-state index in [-0.39, 0.29) is 17.7 Å². The van der Waals surface area contributed by atoms with E-state index in [2.05, 4.69) is 6.07 Å². The van der Waals surface area contributed by atoms with E-state index in [0.29, 0.717) is 11.5 Å². The number of nitriles is 1. The number of allylic oxidation sites excluding steroid dienone is 1. The van der Waals surface area contributed by atoms with Crippen LogP contribution in [0, 0.1) is 23.2 Å². The lowest BCUT2D eigenvalue weighted by Gasteiger charge is -2.39. The highest BCUT2D eigenvalue weighted by Crippen LogP contribution is 2.38. The van der Waals surface area contributed by atoms with Crippen LogP contribution in [0.2, 0.25) is 0 Å². The summed E-state index contributed by atoms with van der Waals surface area (Å²) in [5.41, 5.74) is 0.402. The van der Waals surface area contributed by atoms with Crippen LogP contribution in [0.15, 0.2) is 11.5 Å². The molecule has 0 aromatic rings. The number of methoxy groups -OCH3 is 1. The molecule has 2 rings (SSSR count). The topological polar surface area (TPSA) is 70.4 Å². The van der Waals surface area contributed by atoms with Crippen molar-refractivity contribution in [3.8, 4) is 6.07 Å². The van der Waals surface area contributed by atoms with Gasteiger partial charge in [-0.05, 0) is 19.8 Å². The fraction of sp³-hybridized carbons (Fsp3) is 0.667. The summed E-state index contributed by atoms with van der Waals surface area (Å²) in [6.45, 7) is 3.16. The van der Waals surface area contributed by atoms with Gasteiger partial charge in [0.25, 0.3) is 0 Å². The number of hydrogen-bond acceptors (Lipinski definition) is 4. The molecule has 0 bridgehead atoms. The summed E-state index contributed by atoms with van der Waals surface area (Å²) in [4.78, 5) is 26.1. The lowest BCUT2D eigenvalue weighted by Crippen LogP contribution is -2.50. The van der Waals surface area contributed by atoms with Crippen molar-refractivity contribution >= 4 is 11.7 Å². The molecule has 2 aliphatic rings. The molecule has 0 aromatic heterocycles. The molecule has 0 N–H and O–H groups in total. The van der Waals surface area contributed by atoms with Crippen molar-refractivity contribution in [1.82, 2.24) is 4.90 Å². The molecular formula is C15H20N2O3. The van der Waals surface area contributed by atoms with E-state index in [4.69, 9.17) is 4.74 Å². The van der Waals surface area contributed by atoms with Crippen molar-refractivity contribution in [2.45, 2.75) is 45.6 Å². The lowest BCUT2D eigenvalue weighted by molar-refractivity contribution is -0.146. The molecule has 1 fully saturated rings. The minimum atomic E-state index is -0.760. The molecule has 0 radical (unpaired) electrons. The Bertz CT molecular complexity index is 498. The van der Waals surface area contributed by atoms with E-state index in [1.165, 1.54) is 14.0 Å². The van der Waals surface area contributed by atoms with E-state index < -0.39 is 11.8 Å². The minimum Gasteiger partial charge on any atom is -0.481 e. The second-order valence-corrected chi connectivity index (χ2v) is 5.56. The monoisotopic (exact) mass is 276 g/mol. The maximum Gasteiger partial charge on any atom is 0.240 e. The van der Waals surface area contributed by atoms with Crippen LogP contribution in [0.25, 0.3) is 0 Å². The first-order valence-electron chi connectivity index (χ1n) is 7.04. The third kappa shape index (κ3) is 2.20. The van der Waals surface area contributed by atoms with Crippen LogP contribution in [-0.2, 0) is 14.3 Å². The minimum absolute atomic E-state index is 0.0511. The van der Waals surface area contributed by atoms with Gasteiger partial charge in [-0.25, -0.2) is 0 Å². The summed E-state index contributed by atoms with van der Waals surface area (Å²) in [7, 11) is 1.47. The molecule has 20 heavy (non-hydrogen) atoms. The smallest absolute Gasteiger partial charge is 0.240 e. The maximum absolute atomic E-state index is 12.7. The Morgan fingerprint density at radius 1 is 1.40 bits per heavy atom. The van der Waals surface area contributed by atoms with Crippen LogP contribution in [0.4, 0.5) is 0 Å². The van der Waals surface area contributed by atoms with E-state index in [0.717, 1.165) is 25.7 Å². The molecule has 2 unspecified atom stereocenters. The number of carbonyl (C=O) groups excluding carboxylic acids is 2. The van der Waals surface area contributed by atoms with Gasteiger partial charge >= 0.3 is 0 Å². The van der Waals surface area contributed by atoms with Crippen LogP contribution in [-0.4, -0.2) is 29.7 Å². The average molecular weight is 276 g/mol. The third-order valence-electron chi connectivity index (χ3n) is 4.35. The molecule has 1 amide bonds. The van der Waals surface area contributed by atoms with Crippen molar-refractivity contribution < 1.29 is 14.3 Å². The normalized spacial score (nSPS) is 27.7. The van der Waals surface area contributed by atoms with E-state index in [1.54, 1.807) is 11.8 Å². The first-order chi connectivity index (χ1) is 9.52. The summed E-state index contributed by atoms with van der Waals surface area (Å²) in [6.07, 6.45) is 3.92. The lowest BCUT2D eigenvalue weighted by atomic mass is 9.81. The maximum atomic E-state index is 12.7. The molecule has 0 aromatic carbocycles. The van der Waals surface area contributed by atoms with Crippen LogP contribution in [0.3, 0.4) is 0 Å². The Hall–Kier alpha value is -1.83. The molecular weight excluding hydrogens is 256 g/mol. The predicted molar refractivity (Wildman–Crippen MR) is 72.1 cm³/mol. The van der Waals surface area contributed by atoms with Crippen molar-refractivity contribution in [2.24, 2.45) is 11.8 Å². The van der Waals surface area contributed by atoms with Gasteiger partial charge in [-0.3, -0.25) is 14.5 Å². The van der Waals surface area contributed by atoms with E-state index in [1.807, 2.05) is 0 Å². The molecule has 0 spiro atoms. The Balaban J connectivity index is 2.51. The summed E-state index contributed by atoms with van der Waals surface area (Å²) in [5.74, 6) is -1.24. The predicted octanol–water partition coefficient (Wildman–Crippen LogP) is 1.99. The number of hydrogen-bond donors (Lipinski definition) is 0. The highest BCUT2D eigenvalue weighted by atomic mass is 16.5. The number of ketones is 1. The average Bonchev–Trinajstić information content (AvgIpc) is 2.91. The van der Waals surface area contributed by atoms with Crippen molar-refractivity contribution in [2.75, 3.05) is 7.11 Å². The van der Waals surface area contributed by atoms with Gasteiger partial charge < -0.3 is 4.74 Å². The van der Waals surface area contributed by atoms with Crippen LogP contribution in [0.5, 0.6) is 0 Å². The van der Waals surface area contributed by atoms with E-state index >= 15 is 0 Å². The molecule has 108 valence electrons. The van der Waals surface area contributed by atoms with Gasteiger partial charge in [-0.15, -0.1) is 0 Å². The Morgan fingerprint density at radius 2 is 2.00 bits per heavy atom. The number of nitrogens with zero attached hydrogens (tertiary/aromatic N) is 2. The molecule has 1 aliphatic heterocycles. The summed E-state index contributed by atoms with van der Waals surface area (Å²) < 4.78 is 5.34. The van der Waals surface area contributed by atoms with Crippen molar-refractivity contribution in [3.05, 3.63) is 11.5 Å². The van der Waals surface area contributed by atoms with Gasteiger partial charge in [0, 0.05) is 12.0 Å². The SMILES string of the molecule is COC1=C(C#N)C(C)C(C(C)=O)C(=O)N1C1CCCC1. The number of amides is 1. The molecule has 0 saturated heterocycles. The van der Waals surface area contributed by atoms with Gasteiger partial charge in [0.2, 0.25) is 11.8 Å². The molecule has 5 heteroatoms. The van der Waals surface area contributed by atoms with Gasteiger partial charge in [0.15, 0.2) is 0 Å². The number of ether oxygens (including phenoxy) is 1. The molecule has 5 nitrogen and oxygen atoms in total. The zero-order valence-electron chi connectivity index (χ0n) is 12.2. The second kappa shape index (κ2) is 5.66. The first kappa shape index (κ1) is 14.6. The molecule has 2 atom stereocenters. The molecule has 1 saturated carbocycles. The third-order valence-corrected chi connectivity index (χ3v) is 4.35. The zero-order valence-corrected chi connectivity index (χ0v) is 12.2. The van der Waals surface area contributed by atoms with Gasteiger partial charge in [0.1, 0.15) is 17.8 Å². The van der Waals surface area contributed by atoms with Gasteiger partial charge in [-0.2, -0.15) is 5.26 Å². The number of rotatable bonds is 3. The summed E-state index contributed by atoms with van der Waals surface area (Å²) in [5, 5.41) is 9.37. The summed E-state index contributed by atoms with van der Waals surface area (Å²) in [6, 6.07) is 2.17. The highest BCUT2D eigenvalue weighted by molar-refractivity contribution is 6.02. The Kier molecular flexibility index (Phi) is 4.12. The zero-order chi connectivity index (χ0) is 14.9. The van der Waals surface area contributed by atoms with Crippen LogP contribution >= 0.6 is 0 Å². The van der Waals surface area contributed by atoms with Crippen LogP contribution in [0.1, 0.15) is 39.5 Å². The van der Waals surface area contributed by atoms with Crippen molar-refractivity contribution in [1.29, 1.82) is 5.26 Å². The second-order valence-electron chi connectivity index (χ2n) is 5.56. The van der Waals surface area contributed by atoms with Gasteiger partial charge in [-0.1, -0.05) is 19.8 Å². The summed E-state index contributed by atoms with van der Waals surface area (Å²) >= 11 is 0. The molecule has 1 heterocycles. The number of Topliss-reactive ketones (excluding diaryl/α,β-unsaturated/α-hetero) is 1. The Morgan fingerprint density at radius 3 is 2.45 bits per heavy atom. The standard InChI is InChI=1S/C15H20N2O3/c1-9-12(8-16)15(20-3)17(11-6-4-5-7-11)14(19)13(9)10(2)18/h9,11,13H,4-7H2,1-3H3. The first-order valence-corrected chi connectivity index (χ1v) is 7.04. The van der Waals surface area contributed by atoms with Gasteiger partial charge in [0.05, 0.1) is 12.7 Å². The number of carbonyl (C=O) groups is 2. The highest BCUT2D eigenvalue weighted by Gasteiger charge is 2.46. The molecule has 1 aliphatic carbocycles.